The molecular weight excluding hydrogens is 404 g/mol. The molecule has 2 aromatic rings. The van der Waals surface area contributed by atoms with Gasteiger partial charge in [0.15, 0.2) is 0 Å². The number of rotatable bonds is 6. The summed E-state index contributed by atoms with van der Waals surface area (Å²) in [6, 6.07) is 13.2. The summed E-state index contributed by atoms with van der Waals surface area (Å²) in [6.45, 7) is 8.88. The third-order valence-electron chi connectivity index (χ3n) is 6.28. The van der Waals surface area contributed by atoms with E-state index in [2.05, 4.69) is 19.2 Å². The zero-order valence-corrected chi connectivity index (χ0v) is 19.5. The first kappa shape index (κ1) is 22.2. The highest BCUT2D eigenvalue weighted by atomic mass is 16.5. The van der Waals surface area contributed by atoms with E-state index in [9.17, 15) is 9.59 Å². The number of carbonyl (C=O) groups is 2. The lowest BCUT2D eigenvalue weighted by Crippen LogP contribution is -2.43. The van der Waals surface area contributed by atoms with Gasteiger partial charge in [0, 0.05) is 17.8 Å². The molecule has 2 aliphatic rings. The Morgan fingerprint density at radius 2 is 1.91 bits per heavy atom. The molecule has 1 N–H and O–H groups in total. The Balaban J connectivity index is 1.64. The van der Waals surface area contributed by atoms with Crippen LogP contribution < -0.4 is 19.7 Å². The van der Waals surface area contributed by atoms with Crippen molar-refractivity contribution < 1.29 is 19.1 Å². The summed E-state index contributed by atoms with van der Waals surface area (Å²) in [4.78, 5) is 28.4. The fourth-order valence-electron chi connectivity index (χ4n) is 4.30. The average Bonchev–Trinajstić information content (AvgIpc) is 3.58. The van der Waals surface area contributed by atoms with Crippen LogP contribution in [0.25, 0.3) is 0 Å². The van der Waals surface area contributed by atoms with Gasteiger partial charge in [0.1, 0.15) is 18.1 Å². The van der Waals surface area contributed by atoms with Crippen molar-refractivity contribution in [2.45, 2.75) is 46.0 Å². The number of fused-ring (bicyclic) bond motifs is 1. The van der Waals surface area contributed by atoms with Crippen LogP contribution in [-0.2, 0) is 15.0 Å². The normalized spacial score (nSPS) is 18.4. The van der Waals surface area contributed by atoms with Gasteiger partial charge < -0.3 is 19.7 Å². The number of para-hydroxylation sites is 1. The highest BCUT2D eigenvalue weighted by Crippen LogP contribution is 2.52. The number of hydrogen-bond donors (Lipinski definition) is 1. The van der Waals surface area contributed by atoms with Crippen LogP contribution in [0.5, 0.6) is 11.5 Å². The molecule has 0 bridgehead atoms. The third-order valence-corrected chi connectivity index (χ3v) is 6.28. The van der Waals surface area contributed by atoms with Crippen molar-refractivity contribution in [2.24, 2.45) is 11.3 Å². The molecule has 1 heterocycles. The standard InChI is InChI=1S/C26H32N2O4/c1-17(2)15-28-20-14-18(10-11-22(20)32-16-25(3,4)24(28)30)27-23(29)26(12-13-26)19-8-6-7-9-21(19)31-5/h6-11,14,17H,12-13,15-16H2,1-5H3,(H,27,29). The maximum Gasteiger partial charge on any atom is 0.236 e. The fraction of sp³-hybridized carbons (Fsp3) is 0.462. The Hall–Kier alpha value is -3.02. The minimum Gasteiger partial charge on any atom is -0.496 e. The average molecular weight is 437 g/mol. The monoisotopic (exact) mass is 436 g/mol. The van der Waals surface area contributed by atoms with Gasteiger partial charge in [-0.3, -0.25) is 9.59 Å². The molecule has 1 aliphatic carbocycles. The number of nitrogens with one attached hydrogen (secondary N) is 1. The Kier molecular flexibility index (Phi) is 5.65. The van der Waals surface area contributed by atoms with Crippen LogP contribution in [0.15, 0.2) is 42.5 Å². The lowest BCUT2D eigenvalue weighted by molar-refractivity contribution is -0.127. The second-order valence-corrected chi connectivity index (χ2v) is 9.90. The molecule has 0 aromatic heterocycles. The topological polar surface area (TPSA) is 67.9 Å². The Labute approximate surface area is 189 Å². The van der Waals surface area contributed by atoms with Crippen LogP contribution in [0.2, 0.25) is 0 Å². The Bertz CT molecular complexity index is 1040. The first-order chi connectivity index (χ1) is 15.2. The van der Waals surface area contributed by atoms with Gasteiger partial charge in [-0.25, -0.2) is 0 Å². The van der Waals surface area contributed by atoms with Gasteiger partial charge in [-0.2, -0.15) is 0 Å². The van der Waals surface area contributed by atoms with Crippen molar-refractivity contribution >= 4 is 23.2 Å². The van der Waals surface area contributed by atoms with Crippen molar-refractivity contribution in [3.63, 3.8) is 0 Å². The second kappa shape index (κ2) is 8.15. The van der Waals surface area contributed by atoms with Crippen molar-refractivity contribution in [1.82, 2.24) is 0 Å². The molecule has 6 nitrogen and oxygen atoms in total. The minimum absolute atomic E-state index is 0.0288. The molecule has 0 saturated heterocycles. The van der Waals surface area contributed by atoms with Gasteiger partial charge in [-0.1, -0.05) is 32.0 Å². The van der Waals surface area contributed by atoms with Gasteiger partial charge in [-0.05, 0) is 56.9 Å². The highest BCUT2D eigenvalue weighted by molar-refractivity contribution is 6.04. The van der Waals surface area contributed by atoms with Crippen molar-refractivity contribution in [1.29, 1.82) is 0 Å². The molecule has 0 radical (unpaired) electrons. The van der Waals surface area contributed by atoms with Gasteiger partial charge >= 0.3 is 0 Å². The highest BCUT2D eigenvalue weighted by Gasteiger charge is 2.53. The summed E-state index contributed by atoms with van der Waals surface area (Å²) in [6.07, 6.45) is 1.55. The molecule has 170 valence electrons. The minimum atomic E-state index is -0.626. The van der Waals surface area contributed by atoms with E-state index in [1.165, 1.54) is 0 Å². The van der Waals surface area contributed by atoms with Crippen LogP contribution in [0.3, 0.4) is 0 Å². The zero-order valence-electron chi connectivity index (χ0n) is 19.5. The number of amides is 2. The molecule has 2 amide bonds. The van der Waals surface area contributed by atoms with E-state index in [0.717, 1.165) is 24.2 Å². The van der Waals surface area contributed by atoms with E-state index in [-0.39, 0.29) is 11.8 Å². The lowest BCUT2D eigenvalue weighted by Gasteiger charge is -2.29. The van der Waals surface area contributed by atoms with Gasteiger partial charge in [0.2, 0.25) is 11.8 Å². The largest absolute Gasteiger partial charge is 0.496 e. The Morgan fingerprint density at radius 3 is 2.56 bits per heavy atom. The molecule has 2 aromatic carbocycles. The van der Waals surface area contributed by atoms with Crippen molar-refractivity contribution in [3.8, 4) is 11.5 Å². The second-order valence-electron chi connectivity index (χ2n) is 9.90. The lowest BCUT2D eigenvalue weighted by atomic mass is 9.92. The first-order valence-corrected chi connectivity index (χ1v) is 11.2. The van der Waals surface area contributed by atoms with E-state index in [1.54, 1.807) is 12.0 Å². The molecule has 1 fully saturated rings. The van der Waals surface area contributed by atoms with E-state index in [4.69, 9.17) is 9.47 Å². The summed E-state index contributed by atoms with van der Waals surface area (Å²) in [7, 11) is 1.63. The van der Waals surface area contributed by atoms with Crippen LogP contribution >= 0.6 is 0 Å². The van der Waals surface area contributed by atoms with E-state index >= 15 is 0 Å². The van der Waals surface area contributed by atoms with Crippen LogP contribution in [0, 0.1) is 11.3 Å². The van der Waals surface area contributed by atoms with Crippen molar-refractivity contribution in [2.75, 3.05) is 30.5 Å². The van der Waals surface area contributed by atoms with Gasteiger partial charge in [-0.15, -0.1) is 0 Å². The number of anilines is 2. The number of methoxy groups -OCH3 is 1. The number of benzene rings is 2. The molecule has 0 atom stereocenters. The van der Waals surface area contributed by atoms with Crippen LogP contribution in [-0.4, -0.2) is 32.1 Å². The van der Waals surface area contributed by atoms with Gasteiger partial charge in [0.25, 0.3) is 0 Å². The molecule has 1 saturated carbocycles. The number of carbonyl (C=O) groups excluding carboxylic acids is 2. The summed E-state index contributed by atoms with van der Waals surface area (Å²) in [5.74, 6) is 1.65. The summed E-state index contributed by atoms with van der Waals surface area (Å²) in [5, 5.41) is 3.09. The predicted octanol–water partition coefficient (Wildman–Crippen LogP) is 4.77. The van der Waals surface area contributed by atoms with E-state index < -0.39 is 10.8 Å². The summed E-state index contributed by atoms with van der Waals surface area (Å²) < 4.78 is 11.5. The summed E-state index contributed by atoms with van der Waals surface area (Å²) in [5.41, 5.74) is 1.07. The maximum absolute atomic E-state index is 13.3. The Morgan fingerprint density at radius 1 is 1.19 bits per heavy atom. The van der Waals surface area contributed by atoms with Crippen LogP contribution in [0.1, 0.15) is 46.1 Å². The zero-order chi connectivity index (χ0) is 23.1. The molecule has 0 unspecified atom stereocenters. The van der Waals surface area contributed by atoms with Gasteiger partial charge in [0.05, 0.1) is 23.6 Å². The van der Waals surface area contributed by atoms with E-state index in [1.807, 2.05) is 56.3 Å². The molecular formula is C26H32N2O4. The third kappa shape index (κ3) is 3.94. The molecule has 4 rings (SSSR count). The molecule has 1 aliphatic heterocycles. The number of hydrogen-bond acceptors (Lipinski definition) is 4. The van der Waals surface area contributed by atoms with Crippen LogP contribution in [0.4, 0.5) is 11.4 Å². The molecule has 6 heteroatoms. The SMILES string of the molecule is COc1ccccc1C1(C(=O)Nc2ccc3c(c2)N(CC(C)C)C(=O)C(C)(C)CO3)CC1. The predicted molar refractivity (Wildman–Crippen MR) is 125 cm³/mol. The molecule has 0 spiro atoms. The smallest absolute Gasteiger partial charge is 0.236 e. The number of nitrogens with zero attached hydrogens (tertiary/aromatic N) is 1. The first-order valence-electron chi connectivity index (χ1n) is 11.2. The molecule has 32 heavy (non-hydrogen) atoms. The maximum atomic E-state index is 13.3. The van der Waals surface area contributed by atoms with E-state index in [0.29, 0.717) is 36.2 Å². The number of ether oxygens (including phenoxy) is 2. The quantitative estimate of drug-likeness (QED) is 0.708. The fourth-order valence-corrected chi connectivity index (χ4v) is 4.30. The van der Waals surface area contributed by atoms with Crippen molar-refractivity contribution in [3.05, 3.63) is 48.0 Å². The summed E-state index contributed by atoms with van der Waals surface area (Å²) >= 11 is 0.